The molecule has 36 heavy (non-hydrogen) atoms. The molecule has 7 nitrogen and oxygen atoms in total. The van der Waals surface area contributed by atoms with Crippen molar-refractivity contribution in [1.82, 2.24) is 19.9 Å². The van der Waals surface area contributed by atoms with Crippen molar-refractivity contribution in [2.45, 2.75) is 39.7 Å². The van der Waals surface area contributed by atoms with Crippen LogP contribution in [-0.2, 0) is 16.8 Å². The van der Waals surface area contributed by atoms with E-state index < -0.39 is 0 Å². The SMILES string of the molecule is CC(C)COCc1nc(Nc2ccc3c(c2)N(C)CC3(C)C)c2ccc(-c3ncccc3Cl)nc2n1. The van der Waals surface area contributed by atoms with E-state index in [4.69, 9.17) is 31.3 Å². The van der Waals surface area contributed by atoms with E-state index in [0.717, 1.165) is 17.6 Å². The van der Waals surface area contributed by atoms with Crippen LogP contribution in [0, 0.1) is 5.92 Å². The monoisotopic (exact) mass is 502 g/mol. The molecule has 0 saturated heterocycles. The van der Waals surface area contributed by atoms with Gasteiger partial charge in [0.15, 0.2) is 11.5 Å². The van der Waals surface area contributed by atoms with Crippen molar-refractivity contribution in [1.29, 1.82) is 0 Å². The summed E-state index contributed by atoms with van der Waals surface area (Å²) in [5.41, 5.74) is 5.51. The normalized spacial score (nSPS) is 14.5. The molecule has 0 aliphatic carbocycles. The number of pyridine rings is 2. The zero-order chi connectivity index (χ0) is 25.4. The van der Waals surface area contributed by atoms with Crippen LogP contribution < -0.4 is 10.2 Å². The average molecular weight is 503 g/mol. The lowest BCUT2D eigenvalue weighted by molar-refractivity contribution is 0.0925. The van der Waals surface area contributed by atoms with Gasteiger partial charge in [0.2, 0.25) is 0 Å². The summed E-state index contributed by atoms with van der Waals surface area (Å²) in [5.74, 6) is 1.68. The highest BCUT2D eigenvalue weighted by molar-refractivity contribution is 6.32. The van der Waals surface area contributed by atoms with Gasteiger partial charge in [-0.2, -0.15) is 0 Å². The molecule has 0 fully saturated rings. The standard InChI is InChI=1S/C28H31ClN6O/c1-17(2)14-36-15-24-33-26(31-18-8-10-20-23(13-18)35(5)16-28(20,3)4)19-9-11-22(32-27(19)34-24)25-21(29)7-6-12-30-25/h6-13,17H,14-16H2,1-5H3,(H,31,32,33,34). The fourth-order valence-electron chi connectivity index (χ4n) is 4.70. The lowest BCUT2D eigenvalue weighted by Gasteiger charge is -2.18. The number of aromatic nitrogens is 4. The van der Waals surface area contributed by atoms with Gasteiger partial charge in [0.05, 0.1) is 16.1 Å². The second-order valence-electron chi connectivity index (χ2n) is 10.4. The van der Waals surface area contributed by atoms with Gasteiger partial charge in [-0.3, -0.25) is 4.98 Å². The predicted molar refractivity (Wildman–Crippen MR) is 146 cm³/mol. The van der Waals surface area contributed by atoms with Gasteiger partial charge in [-0.15, -0.1) is 0 Å². The molecule has 0 unspecified atom stereocenters. The lowest BCUT2D eigenvalue weighted by atomic mass is 9.87. The Labute approximate surface area is 216 Å². The largest absolute Gasteiger partial charge is 0.373 e. The van der Waals surface area contributed by atoms with Gasteiger partial charge in [-0.05, 0) is 47.9 Å². The topological polar surface area (TPSA) is 76.1 Å². The molecule has 0 spiro atoms. The van der Waals surface area contributed by atoms with Crippen molar-refractivity contribution in [3.8, 4) is 11.4 Å². The quantitative estimate of drug-likeness (QED) is 0.314. The minimum Gasteiger partial charge on any atom is -0.373 e. The van der Waals surface area contributed by atoms with Crippen LogP contribution in [0.2, 0.25) is 5.02 Å². The van der Waals surface area contributed by atoms with Gasteiger partial charge in [-0.1, -0.05) is 45.4 Å². The fraction of sp³-hybridized carbons (Fsp3) is 0.357. The van der Waals surface area contributed by atoms with Crippen LogP contribution in [0.25, 0.3) is 22.4 Å². The second-order valence-corrected chi connectivity index (χ2v) is 10.8. The number of halogens is 1. The molecule has 0 amide bonds. The van der Waals surface area contributed by atoms with E-state index >= 15 is 0 Å². The number of benzene rings is 1. The van der Waals surface area contributed by atoms with Crippen molar-refractivity contribution < 1.29 is 4.74 Å². The van der Waals surface area contributed by atoms with Gasteiger partial charge in [0.1, 0.15) is 18.1 Å². The van der Waals surface area contributed by atoms with Gasteiger partial charge in [0.25, 0.3) is 0 Å². The van der Waals surface area contributed by atoms with Crippen molar-refractivity contribution in [3.63, 3.8) is 0 Å². The second kappa shape index (κ2) is 9.64. The molecule has 1 N–H and O–H groups in total. The third kappa shape index (κ3) is 4.86. The summed E-state index contributed by atoms with van der Waals surface area (Å²) in [6.07, 6.45) is 1.71. The van der Waals surface area contributed by atoms with E-state index in [9.17, 15) is 0 Å². The number of likely N-dealkylation sites (N-methyl/N-ethyl adjacent to an activating group) is 1. The highest BCUT2D eigenvalue weighted by Crippen LogP contribution is 2.41. The van der Waals surface area contributed by atoms with E-state index in [0.29, 0.717) is 52.8 Å². The zero-order valence-corrected chi connectivity index (χ0v) is 22.1. The Kier molecular flexibility index (Phi) is 6.53. The summed E-state index contributed by atoms with van der Waals surface area (Å²) in [4.78, 5) is 21.0. The molecular weight excluding hydrogens is 472 g/mol. The predicted octanol–water partition coefficient (Wildman–Crippen LogP) is 6.38. The van der Waals surface area contributed by atoms with E-state index in [2.05, 4.69) is 68.1 Å². The molecule has 0 radical (unpaired) electrons. The summed E-state index contributed by atoms with van der Waals surface area (Å²) in [7, 11) is 2.13. The first-order chi connectivity index (χ1) is 17.2. The molecule has 1 aliphatic heterocycles. The first-order valence-corrected chi connectivity index (χ1v) is 12.6. The molecular formula is C28H31ClN6O. The summed E-state index contributed by atoms with van der Waals surface area (Å²) in [6, 6.07) is 14.0. The molecule has 186 valence electrons. The molecule has 5 rings (SSSR count). The maximum Gasteiger partial charge on any atom is 0.165 e. The first kappa shape index (κ1) is 24.4. The van der Waals surface area contributed by atoms with E-state index in [1.54, 1.807) is 18.3 Å². The Hall–Kier alpha value is -3.29. The van der Waals surface area contributed by atoms with Crippen LogP contribution in [0.3, 0.4) is 0 Å². The molecule has 8 heteroatoms. The number of ether oxygens (including phenoxy) is 1. The smallest absolute Gasteiger partial charge is 0.165 e. The van der Waals surface area contributed by atoms with Gasteiger partial charge in [0, 0.05) is 43.2 Å². The maximum atomic E-state index is 6.38. The summed E-state index contributed by atoms with van der Waals surface area (Å²) in [5, 5.41) is 4.88. The van der Waals surface area contributed by atoms with Crippen LogP contribution in [0.4, 0.5) is 17.2 Å². The lowest BCUT2D eigenvalue weighted by Crippen LogP contribution is -2.24. The number of fused-ring (bicyclic) bond motifs is 2. The van der Waals surface area contributed by atoms with Crippen LogP contribution in [0.1, 0.15) is 39.1 Å². The minimum absolute atomic E-state index is 0.123. The summed E-state index contributed by atoms with van der Waals surface area (Å²) in [6.45, 7) is 10.7. The number of rotatable bonds is 7. The number of hydrogen-bond acceptors (Lipinski definition) is 7. The molecule has 4 aromatic rings. The molecule has 4 heterocycles. The zero-order valence-electron chi connectivity index (χ0n) is 21.3. The Morgan fingerprint density at radius 2 is 1.94 bits per heavy atom. The molecule has 0 bridgehead atoms. The number of anilines is 3. The third-order valence-corrected chi connectivity index (χ3v) is 6.63. The van der Waals surface area contributed by atoms with E-state index in [-0.39, 0.29) is 5.41 Å². The highest BCUT2D eigenvalue weighted by Gasteiger charge is 2.33. The fourth-order valence-corrected chi connectivity index (χ4v) is 4.92. The van der Waals surface area contributed by atoms with Crippen LogP contribution in [0.15, 0.2) is 48.7 Å². The Morgan fingerprint density at radius 3 is 2.72 bits per heavy atom. The Balaban J connectivity index is 1.55. The van der Waals surface area contributed by atoms with Crippen molar-refractivity contribution in [3.05, 3.63) is 65.1 Å². The van der Waals surface area contributed by atoms with Gasteiger partial charge >= 0.3 is 0 Å². The molecule has 0 saturated carbocycles. The molecule has 0 atom stereocenters. The van der Waals surface area contributed by atoms with Crippen molar-refractivity contribution in [2.24, 2.45) is 5.92 Å². The van der Waals surface area contributed by atoms with Crippen molar-refractivity contribution in [2.75, 3.05) is 30.4 Å². The number of nitrogens with one attached hydrogen (secondary N) is 1. The van der Waals surface area contributed by atoms with Gasteiger partial charge < -0.3 is 15.0 Å². The van der Waals surface area contributed by atoms with Crippen LogP contribution in [-0.4, -0.2) is 40.1 Å². The Morgan fingerprint density at radius 1 is 1.11 bits per heavy atom. The summed E-state index contributed by atoms with van der Waals surface area (Å²) >= 11 is 6.38. The number of hydrogen-bond donors (Lipinski definition) is 1. The molecule has 1 aliphatic rings. The first-order valence-electron chi connectivity index (χ1n) is 12.2. The number of nitrogens with zero attached hydrogens (tertiary/aromatic N) is 5. The summed E-state index contributed by atoms with van der Waals surface area (Å²) < 4.78 is 5.85. The van der Waals surface area contributed by atoms with Crippen molar-refractivity contribution >= 4 is 39.8 Å². The molecule has 3 aromatic heterocycles. The minimum atomic E-state index is 0.123. The van der Waals surface area contributed by atoms with E-state index in [1.807, 2.05) is 12.1 Å². The van der Waals surface area contributed by atoms with Crippen LogP contribution >= 0.6 is 11.6 Å². The average Bonchev–Trinajstić information content (AvgIpc) is 3.06. The third-order valence-electron chi connectivity index (χ3n) is 6.32. The van der Waals surface area contributed by atoms with Gasteiger partial charge in [-0.25, -0.2) is 15.0 Å². The highest BCUT2D eigenvalue weighted by atomic mass is 35.5. The molecule has 1 aromatic carbocycles. The maximum absolute atomic E-state index is 6.38. The Bertz CT molecular complexity index is 1420. The van der Waals surface area contributed by atoms with E-state index in [1.165, 1.54) is 11.3 Å². The van der Waals surface area contributed by atoms with Crippen LogP contribution in [0.5, 0.6) is 0 Å².